The van der Waals surface area contributed by atoms with Crippen molar-refractivity contribution in [3.8, 4) is 5.75 Å². The van der Waals surface area contributed by atoms with Gasteiger partial charge in [0.2, 0.25) is 5.91 Å². The summed E-state index contributed by atoms with van der Waals surface area (Å²) in [4.78, 5) is 28.5. The minimum atomic E-state index is 0.00772. The van der Waals surface area contributed by atoms with Crippen molar-refractivity contribution < 1.29 is 9.53 Å². The molecule has 5 rings (SSSR count). The summed E-state index contributed by atoms with van der Waals surface area (Å²) in [5.74, 6) is 0.915. The maximum absolute atomic E-state index is 13.5. The molecule has 0 N–H and O–H groups in total. The molecule has 1 saturated heterocycles. The van der Waals surface area contributed by atoms with Crippen molar-refractivity contribution in [3.05, 3.63) is 88.6 Å². The molecule has 3 aromatic carbocycles. The minimum absolute atomic E-state index is 0.00772. The quantitative estimate of drug-likeness (QED) is 0.426. The molecular weight excluding hydrogens is 400 g/mol. The van der Waals surface area contributed by atoms with Gasteiger partial charge in [-0.2, -0.15) is 0 Å². The van der Waals surface area contributed by atoms with Crippen molar-refractivity contribution in [1.29, 1.82) is 0 Å². The van der Waals surface area contributed by atoms with Crippen molar-refractivity contribution in [2.45, 2.75) is 32.4 Å². The number of pyridine rings is 1. The Morgan fingerprint density at radius 2 is 1.56 bits per heavy atom. The second kappa shape index (κ2) is 8.50. The van der Waals surface area contributed by atoms with Crippen LogP contribution in [0.15, 0.2) is 77.6 Å². The van der Waals surface area contributed by atoms with E-state index in [0.29, 0.717) is 17.4 Å². The Kier molecular flexibility index (Phi) is 5.39. The van der Waals surface area contributed by atoms with E-state index in [0.717, 1.165) is 41.7 Å². The number of aromatic nitrogens is 1. The van der Waals surface area contributed by atoms with Gasteiger partial charge in [-0.05, 0) is 61.7 Å². The number of rotatable bonds is 5. The molecule has 32 heavy (non-hydrogen) atoms. The van der Waals surface area contributed by atoms with E-state index in [1.54, 1.807) is 0 Å². The van der Waals surface area contributed by atoms with Gasteiger partial charge in [-0.15, -0.1) is 0 Å². The molecule has 4 aromatic rings. The fraction of sp³-hybridized carbons (Fsp3) is 0.259. The molecule has 1 aromatic heterocycles. The minimum Gasteiger partial charge on any atom is -0.494 e. The van der Waals surface area contributed by atoms with Crippen LogP contribution in [0, 0.1) is 0 Å². The first-order valence-electron chi connectivity index (χ1n) is 11.2. The number of hydrogen-bond donors (Lipinski definition) is 0. The third kappa shape index (κ3) is 3.54. The zero-order valence-corrected chi connectivity index (χ0v) is 18.2. The lowest BCUT2D eigenvalue weighted by Crippen LogP contribution is -2.34. The Morgan fingerprint density at radius 3 is 2.19 bits per heavy atom. The van der Waals surface area contributed by atoms with E-state index in [-0.39, 0.29) is 23.9 Å². The number of benzene rings is 3. The number of hydrogen-bond acceptors (Lipinski definition) is 3. The summed E-state index contributed by atoms with van der Waals surface area (Å²) in [7, 11) is 0. The first-order chi connectivity index (χ1) is 15.7. The third-order valence-corrected chi connectivity index (χ3v) is 6.32. The number of likely N-dealkylation sites (tertiary alicyclic amines) is 1. The fourth-order valence-corrected chi connectivity index (χ4v) is 4.84. The largest absolute Gasteiger partial charge is 0.494 e. The average molecular weight is 427 g/mol. The topological polar surface area (TPSA) is 51.5 Å². The normalized spacial score (nSPS) is 16.0. The number of carbonyl (C=O) groups is 1. The number of ether oxygens (including phenoxy) is 1. The van der Waals surface area contributed by atoms with Crippen LogP contribution in [-0.4, -0.2) is 28.5 Å². The first-order valence-corrected chi connectivity index (χ1v) is 11.2. The van der Waals surface area contributed by atoms with E-state index < -0.39 is 0 Å². The Morgan fingerprint density at radius 1 is 0.938 bits per heavy atom. The van der Waals surface area contributed by atoms with Gasteiger partial charge in [0.15, 0.2) is 5.43 Å². The molecule has 1 atom stereocenters. The zero-order valence-electron chi connectivity index (χ0n) is 18.2. The number of nitrogens with zero attached hydrogens (tertiary/aromatic N) is 2. The van der Waals surface area contributed by atoms with Crippen LogP contribution >= 0.6 is 0 Å². The summed E-state index contributed by atoms with van der Waals surface area (Å²) in [6, 6.07) is 23.2. The van der Waals surface area contributed by atoms with Crippen LogP contribution in [0.25, 0.3) is 21.8 Å². The maximum atomic E-state index is 13.5. The second-order valence-corrected chi connectivity index (χ2v) is 8.20. The Labute approximate surface area is 186 Å². The van der Waals surface area contributed by atoms with Crippen LogP contribution in [0.3, 0.4) is 0 Å². The van der Waals surface area contributed by atoms with Gasteiger partial charge in [-0.1, -0.05) is 36.4 Å². The lowest BCUT2D eigenvalue weighted by atomic mass is 10.0. The molecule has 0 spiro atoms. The van der Waals surface area contributed by atoms with Gasteiger partial charge < -0.3 is 14.2 Å². The molecule has 5 heteroatoms. The summed E-state index contributed by atoms with van der Waals surface area (Å²) in [6.07, 6.45) is 1.93. The van der Waals surface area contributed by atoms with Crippen LogP contribution in [-0.2, 0) is 11.3 Å². The summed E-state index contributed by atoms with van der Waals surface area (Å²) >= 11 is 0. The zero-order chi connectivity index (χ0) is 22.1. The van der Waals surface area contributed by atoms with Crippen molar-refractivity contribution in [2.75, 3.05) is 13.2 Å². The predicted octanol–water partition coefficient (Wildman–Crippen LogP) is 4.92. The van der Waals surface area contributed by atoms with Gasteiger partial charge in [-0.3, -0.25) is 9.59 Å². The second-order valence-electron chi connectivity index (χ2n) is 8.20. The van der Waals surface area contributed by atoms with Gasteiger partial charge in [-0.25, -0.2) is 0 Å². The Balaban J connectivity index is 1.50. The monoisotopic (exact) mass is 426 g/mol. The molecular formula is C27H26N2O3. The molecule has 5 nitrogen and oxygen atoms in total. The Bertz CT molecular complexity index is 1280. The Hall–Kier alpha value is -3.60. The van der Waals surface area contributed by atoms with E-state index in [2.05, 4.69) is 12.1 Å². The SMILES string of the molecule is CCOc1ccc(C2CCCN2C(=O)Cn2c3ccccc3c(=O)c3ccccc32)cc1. The predicted molar refractivity (Wildman–Crippen MR) is 127 cm³/mol. The summed E-state index contributed by atoms with van der Waals surface area (Å²) in [6.45, 7) is 3.55. The molecule has 0 bridgehead atoms. The molecule has 2 heterocycles. The molecule has 162 valence electrons. The highest BCUT2D eigenvalue weighted by molar-refractivity contribution is 5.94. The van der Waals surface area contributed by atoms with Gasteiger partial charge in [0, 0.05) is 17.3 Å². The lowest BCUT2D eigenvalue weighted by Gasteiger charge is -2.26. The van der Waals surface area contributed by atoms with Gasteiger partial charge in [0.25, 0.3) is 0 Å². The average Bonchev–Trinajstić information content (AvgIpc) is 3.33. The molecule has 1 unspecified atom stereocenters. The van der Waals surface area contributed by atoms with E-state index >= 15 is 0 Å². The number of amides is 1. The molecule has 0 radical (unpaired) electrons. The number of fused-ring (bicyclic) bond motifs is 2. The van der Waals surface area contributed by atoms with Crippen LogP contribution in [0.1, 0.15) is 31.4 Å². The molecule has 1 aliphatic heterocycles. The van der Waals surface area contributed by atoms with E-state index in [4.69, 9.17) is 4.74 Å². The van der Waals surface area contributed by atoms with Crippen LogP contribution in [0.2, 0.25) is 0 Å². The molecule has 0 aliphatic carbocycles. The number of para-hydroxylation sites is 2. The highest BCUT2D eigenvalue weighted by Crippen LogP contribution is 2.33. The van der Waals surface area contributed by atoms with Crippen molar-refractivity contribution >= 4 is 27.7 Å². The smallest absolute Gasteiger partial charge is 0.243 e. The van der Waals surface area contributed by atoms with Gasteiger partial charge in [0.05, 0.1) is 23.7 Å². The summed E-state index contributed by atoms with van der Waals surface area (Å²) < 4.78 is 7.55. The van der Waals surface area contributed by atoms with Crippen LogP contribution < -0.4 is 10.2 Å². The summed E-state index contributed by atoms with van der Waals surface area (Å²) in [5, 5.41) is 1.28. The number of carbonyl (C=O) groups excluding carboxylic acids is 1. The maximum Gasteiger partial charge on any atom is 0.243 e. The van der Waals surface area contributed by atoms with Crippen molar-refractivity contribution in [1.82, 2.24) is 9.47 Å². The van der Waals surface area contributed by atoms with Crippen molar-refractivity contribution in [2.24, 2.45) is 0 Å². The van der Waals surface area contributed by atoms with Crippen LogP contribution in [0.5, 0.6) is 5.75 Å². The lowest BCUT2D eigenvalue weighted by molar-refractivity contribution is -0.132. The van der Waals surface area contributed by atoms with Crippen LogP contribution in [0.4, 0.5) is 0 Å². The van der Waals surface area contributed by atoms with E-state index in [1.807, 2.05) is 77.1 Å². The van der Waals surface area contributed by atoms with Crippen molar-refractivity contribution in [3.63, 3.8) is 0 Å². The standard InChI is InChI=1S/C27H26N2O3/c1-2-32-20-15-13-19(14-16-20)23-12-7-17-28(23)26(30)18-29-24-10-5-3-8-21(24)27(31)22-9-4-6-11-25(22)29/h3-6,8-11,13-16,23H,2,7,12,17-18H2,1H3. The molecule has 1 aliphatic rings. The van der Waals surface area contributed by atoms with E-state index in [9.17, 15) is 9.59 Å². The molecule has 1 fully saturated rings. The highest BCUT2D eigenvalue weighted by atomic mass is 16.5. The molecule has 1 amide bonds. The van der Waals surface area contributed by atoms with E-state index in [1.165, 1.54) is 0 Å². The highest BCUT2D eigenvalue weighted by Gasteiger charge is 2.30. The van der Waals surface area contributed by atoms with Gasteiger partial charge >= 0.3 is 0 Å². The third-order valence-electron chi connectivity index (χ3n) is 6.32. The molecule has 0 saturated carbocycles. The van der Waals surface area contributed by atoms with Gasteiger partial charge in [0.1, 0.15) is 12.3 Å². The summed E-state index contributed by atoms with van der Waals surface area (Å²) in [5.41, 5.74) is 2.73. The fourth-order valence-electron chi connectivity index (χ4n) is 4.84. The first kappa shape index (κ1) is 20.3.